The Hall–Kier alpha value is -4.06. The van der Waals surface area contributed by atoms with Gasteiger partial charge in [-0.25, -0.2) is 9.37 Å². The molecular formula is C25H19FN4O. The summed E-state index contributed by atoms with van der Waals surface area (Å²) in [7, 11) is 0. The fourth-order valence-corrected chi connectivity index (χ4v) is 3.80. The first kappa shape index (κ1) is 18.9. The summed E-state index contributed by atoms with van der Waals surface area (Å²) in [5.41, 5.74) is 4.22. The SMILES string of the molecule is Cc1cn2c(=O)c(-c3ccc(F)cc3)c(-c3ccncc3)nc2n1Cc1ccccc1. The number of imidazole rings is 1. The van der Waals surface area contributed by atoms with Crippen molar-refractivity contribution in [2.24, 2.45) is 0 Å². The van der Waals surface area contributed by atoms with E-state index in [1.165, 1.54) is 12.1 Å². The minimum atomic E-state index is -0.354. The molecule has 0 fully saturated rings. The van der Waals surface area contributed by atoms with Crippen molar-refractivity contribution in [1.82, 2.24) is 18.9 Å². The first-order valence-corrected chi connectivity index (χ1v) is 9.94. The molecule has 6 heteroatoms. The number of hydrogen-bond acceptors (Lipinski definition) is 3. The number of hydrogen-bond donors (Lipinski definition) is 0. The summed E-state index contributed by atoms with van der Waals surface area (Å²) in [6.07, 6.45) is 5.14. The van der Waals surface area contributed by atoms with Gasteiger partial charge in [0.25, 0.3) is 5.56 Å². The van der Waals surface area contributed by atoms with Crippen LogP contribution in [0.1, 0.15) is 11.3 Å². The molecule has 31 heavy (non-hydrogen) atoms. The van der Waals surface area contributed by atoms with Crippen LogP contribution in [0.4, 0.5) is 4.39 Å². The molecule has 0 aliphatic heterocycles. The van der Waals surface area contributed by atoms with Crippen LogP contribution in [0.5, 0.6) is 0 Å². The minimum absolute atomic E-state index is 0.196. The Morgan fingerprint density at radius 3 is 2.32 bits per heavy atom. The van der Waals surface area contributed by atoms with Crippen molar-refractivity contribution in [3.05, 3.63) is 113 Å². The highest BCUT2D eigenvalue weighted by Gasteiger charge is 2.19. The normalized spacial score (nSPS) is 11.2. The molecule has 3 heterocycles. The third-order valence-electron chi connectivity index (χ3n) is 5.35. The van der Waals surface area contributed by atoms with Crippen LogP contribution in [0.15, 0.2) is 90.1 Å². The topological polar surface area (TPSA) is 52.2 Å². The summed E-state index contributed by atoms with van der Waals surface area (Å²) in [6.45, 7) is 2.56. The van der Waals surface area contributed by atoms with Crippen molar-refractivity contribution in [2.45, 2.75) is 13.5 Å². The number of aryl methyl sites for hydroxylation is 1. The number of fused-ring (bicyclic) bond motifs is 1. The molecule has 5 nitrogen and oxygen atoms in total. The molecule has 0 saturated heterocycles. The predicted octanol–water partition coefficient (Wildman–Crippen LogP) is 4.72. The van der Waals surface area contributed by atoms with E-state index in [1.54, 1.807) is 35.1 Å². The first-order valence-electron chi connectivity index (χ1n) is 9.94. The quantitative estimate of drug-likeness (QED) is 0.431. The highest BCUT2D eigenvalue weighted by atomic mass is 19.1. The van der Waals surface area contributed by atoms with E-state index in [1.807, 2.05) is 54.0 Å². The predicted molar refractivity (Wildman–Crippen MR) is 118 cm³/mol. The Morgan fingerprint density at radius 2 is 1.61 bits per heavy atom. The summed E-state index contributed by atoms with van der Waals surface area (Å²) in [5, 5.41) is 0. The zero-order valence-electron chi connectivity index (χ0n) is 16.9. The zero-order chi connectivity index (χ0) is 21.4. The molecule has 5 aromatic rings. The third-order valence-corrected chi connectivity index (χ3v) is 5.35. The van der Waals surface area contributed by atoms with Crippen LogP contribution in [-0.2, 0) is 6.54 Å². The summed E-state index contributed by atoms with van der Waals surface area (Å²) in [4.78, 5) is 22.6. The van der Waals surface area contributed by atoms with Crippen LogP contribution < -0.4 is 5.56 Å². The number of benzene rings is 2. The van der Waals surface area contributed by atoms with Gasteiger partial charge in [-0.2, -0.15) is 0 Å². The Labute approximate surface area is 178 Å². The van der Waals surface area contributed by atoms with Gasteiger partial charge in [0, 0.05) is 29.8 Å². The van der Waals surface area contributed by atoms with Crippen LogP contribution in [0.2, 0.25) is 0 Å². The molecule has 5 rings (SSSR count). The van der Waals surface area contributed by atoms with Crippen LogP contribution in [0, 0.1) is 12.7 Å². The maximum absolute atomic E-state index is 13.6. The Morgan fingerprint density at radius 1 is 0.903 bits per heavy atom. The van der Waals surface area contributed by atoms with Crippen molar-refractivity contribution in [3.63, 3.8) is 0 Å². The standard InChI is InChI=1S/C25H19FN4O/c1-17-15-30-24(31)22(19-7-9-21(26)10-8-19)23(20-11-13-27-14-12-20)28-25(30)29(17)16-18-5-3-2-4-6-18/h2-15H,16H2,1H3. The van der Waals surface area contributed by atoms with Crippen molar-refractivity contribution in [2.75, 3.05) is 0 Å². The van der Waals surface area contributed by atoms with Crippen molar-refractivity contribution < 1.29 is 4.39 Å². The van der Waals surface area contributed by atoms with Gasteiger partial charge in [-0.15, -0.1) is 0 Å². The van der Waals surface area contributed by atoms with Gasteiger partial charge in [-0.1, -0.05) is 42.5 Å². The summed E-state index contributed by atoms with van der Waals surface area (Å²) >= 11 is 0. The number of rotatable bonds is 4. The molecule has 0 spiro atoms. The molecule has 0 aliphatic carbocycles. The zero-order valence-corrected chi connectivity index (χ0v) is 16.9. The molecule has 152 valence electrons. The Bertz CT molecular complexity index is 1420. The van der Waals surface area contributed by atoms with Gasteiger partial charge in [0.1, 0.15) is 5.82 Å². The Balaban J connectivity index is 1.80. The lowest BCUT2D eigenvalue weighted by Gasteiger charge is -2.12. The highest BCUT2D eigenvalue weighted by molar-refractivity contribution is 5.81. The second-order valence-electron chi connectivity index (χ2n) is 7.40. The number of nitrogens with zero attached hydrogens (tertiary/aromatic N) is 4. The molecule has 2 aromatic carbocycles. The molecule has 0 unspecified atom stereocenters. The molecule has 3 aromatic heterocycles. The van der Waals surface area contributed by atoms with Crippen LogP contribution >= 0.6 is 0 Å². The van der Waals surface area contributed by atoms with E-state index in [4.69, 9.17) is 4.98 Å². The van der Waals surface area contributed by atoms with Gasteiger partial charge in [0.05, 0.1) is 17.8 Å². The van der Waals surface area contributed by atoms with E-state index in [0.717, 1.165) is 16.8 Å². The third kappa shape index (κ3) is 3.42. The largest absolute Gasteiger partial charge is 0.310 e. The van der Waals surface area contributed by atoms with E-state index >= 15 is 0 Å². The maximum atomic E-state index is 13.6. The van der Waals surface area contributed by atoms with Gasteiger partial charge in [0.2, 0.25) is 5.78 Å². The van der Waals surface area contributed by atoms with E-state index < -0.39 is 0 Å². The molecule has 0 bridgehead atoms. The molecule has 0 aliphatic rings. The number of aromatic nitrogens is 4. The average molecular weight is 410 g/mol. The van der Waals surface area contributed by atoms with E-state index in [9.17, 15) is 9.18 Å². The average Bonchev–Trinajstić information content (AvgIpc) is 3.11. The second-order valence-corrected chi connectivity index (χ2v) is 7.40. The monoisotopic (exact) mass is 410 g/mol. The van der Waals surface area contributed by atoms with Gasteiger partial charge in [-0.3, -0.25) is 14.2 Å². The maximum Gasteiger partial charge on any atom is 0.267 e. The minimum Gasteiger partial charge on any atom is -0.310 e. The molecular weight excluding hydrogens is 391 g/mol. The van der Waals surface area contributed by atoms with E-state index in [2.05, 4.69) is 4.98 Å². The fourth-order valence-electron chi connectivity index (χ4n) is 3.80. The summed E-state index contributed by atoms with van der Waals surface area (Å²) < 4.78 is 17.1. The number of halogens is 1. The van der Waals surface area contributed by atoms with Crippen LogP contribution in [0.3, 0.4) is 0 Å². The van der Waals surface area contributed by atoms with Gasteiger partial charge in [-0.05, 0) is 42.3 Å². The lowest BCUT2D eigenvalue weighted by Crippen LogP contribution is -2.18. The van der Waals surface area contributed by atoms with Crippen LogP contribution in [-0.4, -0.2) is 18.9 Å². The van der Waals surface area contributed by atoms with Gasteiger partial charge < -0.3 is 4.57 Å². The fraction of sp³-hybridized carbons (Fsp3) is 0.0800. The first-order chi connectivity index (χ1) is 15.1. The van der Waals surface area contributed by atoms with E-state index in [0.29, 0.717) is 29.1 Å². The summed E-state index contributed by atoms with van der Waals surface area (Å²) in [5.74, 6) is 0.206. The molecule has 0 radical (unpaired) electrons. The second kappa shape index (κ2) is 7.65. The Kier molecular flexibility index (Phi) is 4.67. The van der Waals surface area contributed by atoms with E-state index in [-0.39, 0.29) is 11.4 Å². The summed E-state index contributed by atoms with van der Waals surface area (Å²) in [6, 6.07) is 19.6. The molecule has 0 atom stereocenters. The molecule has 0 saturated carbocycles. The lowest BCUT2D eigenvalue weighted by atomic mass is 10.0. The highest BCUT2D eigenvalue weighted by Crippen LogP contribution is 2.28. The smallest absolute Gasteiger partial charge is 0.267 e. The van der Waals surface area contributed by atoms with Crippen molar-refractivity contribution >= 4 is 5.78 Å². The lowest BCUT2D eigenvalue weighted by molar-refractivity contribution is 0.628. The molecule has 0 N–H and O–H groups in total. The number of pyridine rings is 1. The van der Waals surface area contributed by atoms with Gasteiger partial charge in [0.15, 0.2) is 0 Å². The van der Waals surface area contributed by atoms with Crippen LogP contribution in [0.25, 0.3) is 28.2 Å². The van der Waals surface area contributed by atoms with Gasteiger partial charge >= 0.3 is 0 Å². The molecule has 0 amide bonds. The van der Waals surface area contributed by atoms with Crippen molar-refractivity contribution in [3.8, 4) is 22.4 Å². The van der Waals surface area contributed by atoms with Crippen molar-refractivity contribution in [1.29, 1.82) is 0 Å².